The molecule has 1 amide bonds. The van der Waals surface area contributed by atoms with Gasteiger partial charge in [-0.3, -0.25) is 19.4 Å². The van der Waals surface area contributed by atoms with Crippen LogP contribution in [-0.2, 0) is 20.5 Å². The molecule has 2 N–H and O–H groups in total. The molecule has 1 aliphatic rings. The third-order valence-electron chi connectivity index (χ3n) is 4.01. The Balaban J connectivity index is 1.82. The van der Waals surface area contributed by atoms with Gasteiger partial charge in [0.25, 0.3) is 0 Å². The molecule has 27 heavy (non-hydrogen) atoms. The van der Waals surface area contributed by atoms with Gasteiger partial charge in [-0.05, 0) is 31.3 Å². The molecule has 0 aromatic heterocycles. The molecular formula is C17H22F3N3O4. The number of hydrogen-bond donors (Lipinski definition) is 2. The minimum atomic E-state index is -4.42. The molecule has 0 aliphatic carbocycles. The molecule has 0 bridgehead atoms. The zero-order chi connectivity index (χ0) is 20.0. The van der Waals surface area contributed by atoms with Crippen LogP contribution in [0.1, 0.15) is 5.56 Å². The van der Waals surface area contributed by atoms with Crippen LogP contribution in [0.2, 0.25) is 0 Å². The number of aliphatic carboxylic acids is 1. The summed E-state index contributed by atoms with van der Waals surface area (Å²) in [6.45, 7) is 1.81. The standard InChI is InChI=1S/C17H22F3N3O4/c1-22(11-16(25)26)8-14-9-23(6-7-27-14)10-15(24)21-13-4-2-12(3-5-13)17(18,19)20/h2-5,14H,6-11H2,1H3,(H,21,24)(H,25,26). The number of hydrogen-bond acceptors (Lipinski definition) is 5. The fourth-order valence-electron chi connectivity index (χ4n) is 2.82. The number of ether oxygens (including phenoxy) is 1. The summed E-state index contributed by atoms with van der Waals surface area (Å²) >= 11 is 0. The monoisotopic (exact) mass is 389 g/mol. The molecule has 0 saturated carbocycles. The van der Waals surface area contributed by atoms with Crippen LogP contribution < -0.4 is 5.32 Å². The smallest absolute Gasteiger partial charge is 0.416 e. The Morgan fingerprint density at radius 2 is 2.00 bits per heavy atom. The van der Waals surface area contributed by atoms with Gasteiger partial charge < -0.3 is 15.2 Å². The number of nitrogens with zero attached hydrogens (tertiary/aromatic N) is 2. The molecular weight excluding hydrogens is 367 g/mol. The number of anilines is 1. The molecule has 1 unspecified atom stereocenters. The normalized spacial score (nSPS) is 18.5. The topological polar surface area (TPSA) is 82.1 Å². The zero-order valence-electron chi connectivity index (χ0n) is 14.8. The van der Waals surface area contributed by atoms with Crippen molar-refractivity contribution >= 4 is 17.6 Å². The average Bonchev–Trinajstić information content (AvgIpc) is 2.53. The highest BCUT2D eigenvalue weighted by atomic mass is 19.4. The Bertz CT molecular complexity index is 652. The number of rotatable bonds is 7. The Morgan fingerprint density at radius 3 is 2.59 bits per heavy atom. The number of amides is 1. The highest BCUT2D eigenvalue weighted by Gasteiger charge is 2.30. The van der Waals surface area contributed by atoms with Gasteiger partial charge in [-0.2, -0.15) is 13.2 Å². The van der Waals surface area contributed by atoms with E-state index in [2.05, 4.69) is 5.32 Å². The lowest BCUT2D eigenvalue weighted by molar-refractivity contribution is -0.139. The van der Waals surface area contributed by atoms with E-state index in [-0.39, 0.29) is 25.1 Å². The van der Waals surface area contributed by atoms with Gasteiger partial charge >= 0.3 is 12.1 Å². The van der Waals surface area contributed by atoms with E-state index in [4.69, 9.17) is 9.84 Å². The second kappa shape index (κ2) is 9.16. The largest absolute Gasteiger partial charge is 0.480 e. The highest BCUT2D eigenvalue weighted by molar-refractivity contribution is 5.92. The number of carboxylic acids is 1. The molecule has 1 aromatic carbocycles. The van der Waals surface area contributed by atoms with Crippen molar-refractivity contribution in [2.24, 2.45) is 0 Å². The van der Waals surface area contributed by atoms with Crippen LogP contribution in [0.5, 0.6) is 0 Å². The van der Waals surface area contributed by atoms with Gasteiger partial charge in [0.1, 0.15) is 0 Å². The van der Waals surface area contributed by atoms with E-state index in [1.165, 1.54) is 12.1 Å². The third kappa shape index (κ3) is 7.16. The summed E-state index contributed by atoms with van der Waals surface area (Å²) in [6.07, 6.45) is -4.64. The van der Waals surface area contributed by atoms with Crippen molar-refractivity contribution < 1.29 is 32.6 Å². The first-order valence-electron chi connectivity index (χ1n) is 8.35. The Kier molecular flexibility index (Phi) is 7.17. The van der Waals surface area contributed by atoms with Crippen LogP contribution in [0.4, 0.5) is 18.9 Å². The maximum Gasteiger partial charge on any atom is 0.416 e. The number of nitrogens with one attached hydrogen (secondary N) is 1. The van der Waals surface area contributed by atoms with Crippen molar-refractivity contribution in [3.8, 4) is 0 Å². The Morgan fingerprint density at radius 1 is 1.33 bits per heavy atom. The predicted molar refractivity (Wildman–Crippen MR) is 91.4 cm³/mol. The lowest BCUT2D eigenvalue weighted by atomic mass is 10.2. The number of carbonyl (C=O) groups is 2. The van der Waals surface area contributed by atoms with Gasteiger partial charge in [0.2, 0.25) is 5.91 Å². The van der Waals surface area contributed by atoms with Crippen LogP contribution in [-0.4, -0.2) is 79.3 Å². The molecule has 0 radical (unpaired) electrons. The van der Waals surface area contributed by atoms with Crippen molar-refractivity contribution in [3.05, 3.63) is 29.8 Å². The van der Waals surface area contributed by atoms with Gasteiger partial charge in [-0.1, -0.05) is 0 Å². The molecule has 1 aliphatic heterocycles. The van der Waals surface area contributed by atoms with E-state index in [1.54, 1.807) is 11.9 Å². The zero-order valence-corrected chi connectivity index (χ0v) is 14.8. The fourth-order valence-corrected chi connectivity index (χ4v) is 2.82. The summed E-state index contributed by atoms with van der Waals surface area (Å²) in [5.41, 5.74) is -0.485. The number of carbonyl (C=O) groups excluding carboxylic acids is 1. The van der Waals surface area contributed by atoms with E-state index in [1.807, 2.05) is 4.90 Å². The quantitative estimate of drug-likeness (QED) is 0.733. The SMILES string of the molecule is CN(CC(=O)O)CC1CN(CC(=O)Nc2ccc(C(F)(F)F)cc2)CCO1. The number of alkyl halides is 3. The summed E-state index contributed by atoms with van der Waals surface area (Å²) < 4.78 is 43.2. The lowest BCUT2D eigenvalue weighted by Crippen LogP contribution is -2.49. The minimum absolute atomic E-state index is 0.0729. The molecule has 1 saturated heterocycles. The Hall–Kier alpha value is -2.17. The molecule has 1 heterocycles. The summed E-state index contributed by atoms with van der Waals surface area (Å²) in [6, 6.07) is 4.25. The Labute approximate surface area is 154 Å². The number of morpholine rings is 1. The van der Waals surface area contributed by atoms with Crippen molar-refractivity contribution in [1.82, 2.24) is 9.80 Å². The first-order valence-corrected chi connectivity index (χ1v) is 8.35. The highest BCUT2D eigenvalue weighted by Crippen LogP contribution is 2.29. The van der Waals surface area contributed by atoms with Crippen LogP contribution in [0.3, 0.4) is 0 Å². The average molecular weight is 389 g/mol. The summed E-state index contributed by atoms with van der Waals surface area (Å²) in [4.78, 5) is 26.3. The fraction of sp³-hybridized carbons (Fsp3) is 0.529. The lowest BCUT2D eigenvalue weighted by Gasteiger charge is -2.34. The second-order valence-corrected chi connectivity index (χ2v) is 6.44. The van der Waals surface area contributed by atoms with Crippen LogP contribution >= 0.6 is 0 Å². The number of likely N-dealkylation sites (N-methyl/N-ethyl adjacent to an activating group) is 1. The van der Waals surface area contributed by atoms with E-state index in [0.29, 0.717) is 31.9 Å². The molecule has 150 valence electrons. The maximum atomic E-state index is 12.5. The van der Waals surface area contributed by atoms with Crippen LogP contribution in [0, 0.1) is 0 Å². The summed E-state index contributed by atoms with van der Waals surface area (Å²) in [5.74, 6) is -1.27. The van der Waals surface area contributed by atoms with E-state index in [9.17, 15) is 22.8 Å². The van der Waals surface area contributed by atoms with E-state index >= 15 is 0 Å². The van der Waals surface area contributed by atoms with Crippen LogP contribution in [0.25, 0.3) is 0 Å². The first-order chi connectivity index (χ1) is 12.6. The second-order valence-electron chi connectivity index (χ2n) is 6.44. The predicted octanol–water partition coefficient (Wildman–Crippen LogP) is 1.36. The van der Waals surface area contributed by atoms with Gasteiger partial charge in [0.15, 0.2) is 0 Å². The van der Waals surface area contributed by atoms with Gasteiger partial charge in [-0.15, -0.1) is 0 Å². The summed E-state index contributed by atoms with van der Waals surface area (Å²) in [5, 5.41) is 11.4. The number of benzene rings is 1. The molecule has 1 aromatic rings. The van der Waals surface area contributed by atoms with Crippen molar-refractivity contribution in [3.63, 3.8) is 0 Å². The van der Waals surface area contributed by atoms with Crippen molar-refractivity contribution in [1.29, 1.82) is 0 Å². The minimum Gasteiger partial charge on any atom is -0.480 e. The van der Waals surface area contributed by atoms with E-state index < -0.39 is 17.7 Å². The molecule has 2 rings (SSSR count). The molecule has 10 heteroatoms. The molecule has 1 fully saturated rings. The van der Waals surface area contributed by atoms with Gasteiger partial charge in [-0.25, -0.2) is 0 Å². The number of carboxylic acid groups (broad SMARTS) is 1. The first kappa shape index (κ1) is 21.1. The molecule has 1 atom stereocenters. The number of halogens is 3. The van der Waals surface area contributed by atoms with Crippen molar-refractivity contribution in [2.75, 3.05) is 51.7 Å². The van der Waals surface area contributed by atoms with Crippen molar-refractivity contribution in [2.45, 2.75) is 12.3 Å². The summed E-state index contributed by atoms with van der Waals surface area (Å²) in [7, 11) is 1.67. The van der Waals surface area contributed by atoms with E-state index in [0.717, 1.165) is 12.1 Å². The molecule has 0 spiro atoms. The molecule has 7 nitrogen and oxygen atoms in total. The van der Waals surface area contributed by atoms with Gasteiger partial charge in [0.05, 0.1) is 31.4 Å². The van der Waals surface area contributed by atoms with Crippen LogP contribution in [0.15, 0.2) is 24.3 Å². The third-order valence-corrected chi connectivity index (χ3v) is 4.01. The van der Waals surface area contributed by atoms with Gasteiger partial charge in [0, 0.05) is 25.3 Å². The maximum absolute atomic E-state index is 12.5.